The number of likely N-dealkylation sites (tertiary alicyclic amines) is 1. The summed E-state index contributed by atoms with van der Waals surface area (Å²) >= 11 is 0. The molecule has 1 saturated heterocycles. The van der Waals surface area contributed by atoms with Crippen LogP contribution in [-0.2, 0) is 4.74 Å². The Labute approximate surface area is 105 Å². The lowest BCUT2D eigenvalue weighted by molar-refractivity contribution is 0.0197. The van der Waals surface area contributed by atoms with Crippen molar-refractivity contribution in [2.24, 2.45) is 5.92 Å². The number of amides is 1. The van der Waals surface area contributed by atoms with Gasteiger partial charge in [-0.1, -0.05) is 19.1 Å². The Kier molecular flexibility index (Phi) is 5.03. The highest BCUT2D eigenvalue weighted by molar-refractivity contribution is 5.68. The van der Waals surface area contributed by atoms with Crippen molar-refractivity contribution in [3.8, 4) is 0 Å². The van der Waals surface area contributed by atoms with Gasteiger partial charge in [-0.3, -0.25) is 0 Å². The summed E-state index contributed by atoms with van der Waals surface area (Å²) < 4.78 is 5.36. The third-order valence-electron chi connectivity index (χ3n) is 2.84. The Balaban J connectivity index is 2.36. The quantitative estimate of drug-likeness (QED) is 0.689. The van der Waals surface area contributed by atoms with Crippen LogP contribution in [0.25, 0.3) is 0 Å². The number of allylic oxidation sites excluding steroid dienone is 2. The fourth-order valence-electron chi connectivity index (χ4n) is 1.93. The molecule has 0 bridgehead atoms. The van der Waals surface area contributed by atoms with E-state index in [9.17, 15) is 4.79 Å². The first-order valence-corrected chi connectivity index (χ1v) is 6.57. The van der Waals surface area contributed by atoms with Crippen LogP contribution in [0.2, 0.25) is 0 Å². The van der Waals surface area contributed by atoms with Crippen molar-refractivity contribution >= 4 is 6.09 Å². The first-order chi connectivity index (χ1) is 7.92. The van der Waals surface area contributed by atoms with E-state index in [1.165, 1.54) is 0 Å². The predicted molar refractivity (Wildman–Crippen MR) is 70.0 cm³/mol. The molecule has 0 atom stereocenters. The smallest absolute Gasteiger partial charge is 0.410 e. The molecule has 1 amide bonds. The molecule has 0 aromatic rings. The molecule has 1 aliphatic heterocycles. The van der Waals surface area contributed by atoms with E-state index in [4.69, 9.17) is 4.74 Å². The summed E-state index contributed by atoms with van der Waals surface area (Å²) in [4.78, 5) is 13.6. The molecule has 0 aromatic carbocycles. The van der Waals surface area contributed by atoms with Gasteiger partial charge in [0.1, 0.15) is 5.60 Å². The molecule has 0 aromatic heterocycles. The van der Waals surface area contributed by atoms with Gasteiger partial charge in [-0.15, -0.1) is 0 Å². The van der Waals surface area contributed by atoms with Gasteiger partial charge in [-0.25, -0.2) is 4.79 Å². The van der Waals surface area contributed by atoms with Gasteiger partial charge in [-0.2, -0.15) is 0 Å². The van der Waals surface area contributed by atoms with Crippen LogP contribution in [-0.4, -0.2) is 29.7 Å². The maximum atomic E-state index is 11.8. The van der Waals surface area contributed by atoms with Crippen molar-refractivity contribution in [2.45, 2.75) is 52.6 Å². The molecular formula is C14H25NO2. The number of carbonyl (C=O) groups is 1. The van der Waals surface area contributed by atoms with Crippen molar-refractivity contribution in [3.63, 3.8) is 0 Å². The summed E-state index contributed by atoms with van der Waals surface area (Å²) in [5.74, 6) is 0.633. The molecular weight excluding hydrogens is 214 g/mol. The molecule has 0 radical (unpaired) electrons. The van der Waals surface area contributed by atoms with Crippen molar-refractivity contribution in [1.29, 1.82) is 0 Å². The molecule has 3 nitrogen and oxygen atoms in total. The minimum atomic E-state index is -0.393. The van der Waals surface area contributed by atoms with E-state index in [1.54, 1.807) is 0 Å². The average Bonchev–Trinajstić information content (AvgIpc) is 2.24. The topological polar surface area (TPSA) is 29.5 Å². The highest BCUT2D eigenvalue weighted by atomic mass is 16.6. The zero-order chi connectivity index (χ0) is 12.9. The number of rotatable bonds is 2. The summed E-state index contributed by atoms with van der Waals surface area (Å²) in [6.07, 6.45) is 7.52. The van der Waals surface area contributed by atoms with E-state index in [0.717, 1.165) is 32.4 Å². The van der Waals surface area contributed by atoms with E-state index < -0.39 is 5.60 Å². The number of nitrogens with zero attached hydrogens (tertiary/aromatic N) is 1. The van der Waals surface area contributed by atoms with Gasteiger partial charge in [0, 0.05) is 13.1 Å². The number of carbonyl (C=O) groups excluding carboxylic acids is 1. The Bertz CT molecular complexity index is 270. The van der Waals surface area contributed by atoms with Crippen molar-refractivity contribution in [1.82, 2.24) is 4.90 Å². The van der Waals surface area contributed by atoms with Gasteiger partial charge in [-0.05, 0) is 46.0 Å². The molecule has 3 heteroatoms. The first-order valence-electron chi connectivity index (χ1n) is 6.57. The average molecular weight is 239 g/mol. The van der Waals surface area contributed by atoms with Gasteiger partial charge < -0.3 is 9.64 Å². The van der Waals surface area contributed by atoms with Crippen LogP contribution in [0, 0.1) is 5.92 Å². The molecule has 0 N–H and O–H groups in total. The van der Waals surface area contributed by atoms with Gasteiger partial charge in [0.25, 0.3) is 0 Å². The summed E-state index contributed by atoms with van der Waals surface area (Å²) in [5, 5.41) is 0. The SMILES string of the molecule is CC/C=C\C1CCN(C(=O)OC(C)(C)C)CC1. The summed E-state index contributed by atoms with van der Waals surface area (Å²) in [6.45, 7) is 9.48. The molecule has 98 valence electrons. The molecule has 17 heavy (non-hydrogen) atoms. The Morgan fingerprint density at radius 2 is 1.94 bits per heavy atom. The maximum Gasteiger partial charge on any atom is 0.410 e. The van der Waals surface area contributed by atoms with E-state index in [2.05, 4.69) is 19.1 Å². The largest absolute Gasteiger partial charge is 0.444 e. The molecule has 1 fully saturated rings. The second-order valence-corrected chi connectivity index (χ2v) is 5.64. The fraction of sp³-hybridized carbons (Fsp3) is 0.786. The predicted octanol–water partition coefficient (Wildman–Crippen LogP) is 3.60. The summed E-state index contributed by atoms with van der Waals surface area (Å²) in [6, 6.07) is 0. The lowest BCUT2D eigenvalue weighted by Crippen LogP contribution is -2.41. The van der Waals surface area contributed by atoms with Crippen molar-refractivity contribution in [3.05, 3.63) is 12.2 Å². The van der Waals surface area contributed by atoms with Gasteiger partial charge in [0.05, 0.1) is 0 Å². The molecule has 0 unspecified atom stereocenters. The number of hydrogen-bond acceptors (Lipinski definition) is 2. The van der Waals surface area contributed by atoms with Crippen molar-refractivity contribution in [2.75, 3.05) is 13.1 Å². The number of ether oxygens (including phenoxy) is 1. The fourth-order valence-corrected chi connectivity index (χ4v) is 1.93. The van der Waals surface area contributed by atoms with Gasteiger partial charge >= 0.3 is 6.09 Å². The van der Waals surface area contributed by atoms with Crippen LogP contribution in [0.4, 0.5) is 4.79 Å². The number of hydrogen-bond donors (Lipinski definition) is 0. The second kappa shape index (κ2) is 6.08. The van der Waals surface area contributed by atoms with Gasteiger partial charge in [0.15, 0.2) is 0 Å². The zero-order valence-corrected chi connectivity index (χ0v) is 11.5. The Morgan fingerprint density at radius 3 is 2.41 bits per heavy atom. The van der Waals surface area contributed by atoms with Crippen LogP contribution in [0.3, 0.4) is 0 Å². The number of piperidine rings is 1. The molecule has 1 aliphatic rings. The second-order valence-electron chi connectivity index (χ2n) is 5.64. The van der Waals surface area contributed by atoms with E-state index in [0.29, 0.717) is 5.92 Å². The zero-order valence-electron chi connectivity index (χ0n) is 11.5. The normalized spacial score (nSPS) is 18.7. The third kappa shape index (κ3) is 5.24. The van der Waals surface area contributed by atoms with Crippen LogP contribution < -0.4 is 0 Å². The Hall–Kier alpha value is -0.990. The van der Waals surface area contributed by atoms with E-state index >= 15 is 0 Å². The van der Waals surface area contributed by atoms with Crippen molar-refractivity contribution < 1.29 is 9.53 Å². The highest BCUT2D eigenvalue weighted by Crippen LogP contribution is 2.20. The standard InChI is InChI=1S/C14H25NO2/c1-5-6-7-12-8-10-15(11-9-12)13(16)17-14(2,3)4/h6-7,12H,5,8-11H2,1-4H3/b7-6-. The lowest BCUT2D eigenvalue weighted by Gasteiger charge is -2.32. The van der Waals surface area contributed by atoms with Crippen LogP contribution in [0.1, 0.15) is 47.0 Å². The van der Waals surface area contributed by atoms with Crippen LogP contribution in [0.15, 0.2) is 12.2 Å². The molecule has 0 aliphatic carbocycles. The summed E-state index contributed by atoms with van der Waals surface area (Å²) in [7, 11) is 0. The van der Waals surface area contributed by atoms with Crippen LogP contribution >= 0.6 is 0 Å². The summed E-state index contributed by atoms with van der Waals surface area (Å²) in [5.41, 5.74) is -0.393. The minimum Gasteiger partial charge on any atom is -0.444 e. The monoisotopic (exact) mass is 239 g/mol. The minimum absolute atomic E-state index is 0.171. The van der Waals surface area contributed by atoms with Gasteiger partial charge in [0.2, 0.25) is 0 Å². The van der Waals surface area contributed by atoms with Crippen LogP contribution in [0.5, 0.6) is 0 Å². The highest BCUT2D eigenvalue weighted by Gasteiger charge is 2.25. The molecule has 1 rings (SSSR count). The Morgan fingerprint density at radius 1 is 1.35 bits per heavy atom. The molecule has 0 spiro atoms. The molecule has 0 saturated carbocycles. The van der Waals surface area contributed by atoms with E-state index in [1.807, 2.05) is 25.7 Å². The maximum absolute atomic E-state index is 11.8. The third-order valence-corrected chi connectivity index (χ3v) is 2.84. The molecule has 1 heterocycles. The van der Waals surface area contributed by atoms with E-state index in [-0.39, 0.29) is 6.09 Å². The first kappa shape index (κ1) is 14.1. The lowest BCUT2D eigenvalue weighted by atomic mass is 9.96.